The Morgan fingerprint density at radius 2 is 1.95 bits per heavy atom. The molecule has 1 saturated carbocycles. The molecule has 0 aromatic heterocycles. The Balaban J connectivity index is 2.13. The van der Waals surface area contributed by atoms with Gasteiger partial charge in [-0.15, -0.1) is 0 Å². The Morgan fingerprint density at radius 3 is 2.55 bits per heavy atom. The zero-order chi connectivity index (χ0) is 14.8. The maximum atomic E-state index is 12.1. The van der Waals surface area contributed by atoms with E-state index in [2.05, 4.69) is 5.32 Å². The standard InChI is InChI=1S/C16H24N2O2/c1-16(2,3)20-15(19)11-8-9-13(17)14(10-11)18-12-6-4-5-7-12/h8-10,12,18H,4-7,17H2,1-3H3. The number of hydrogen-bond donors (Lipinski definition) is 2. The zero-order valence-electron chi connectivity index (χ0n) is 12.5. The Kier molecular flexibility index (Phi) is 4.21. The van der Waals surface area contributed by atoms with Gasteiger partial charge in [0, 0.05) is 6.04 Å². The van der Waals surface area contributed by atoms with Gasteiger partial charge in [-0.3, -0.25) is 0 Å². The fourth-order valence-electron chi connectivity index (χ4n) is 2.44. The average molecular weight is 276 g/mol. The highest BCUT2D eigenvalue weighted by Gasteiger charge is 2.20. The largest absolute Gasteiger partial charge is 0.456 e. The molecule has 1 aliphatic carbocycles. The molecule has 20 heavy (non-hydrogen) atoms. The van der Waals surface area contributed by atoms with E-state index in [0.29, 0.717) is 17.3 Å². The van der Waals surface area contributed by atoms with Crippen LogP contribution in [0.5, 0.6) is 0 Å². The van der Waals surface area contributed by atoms with Crippen LogP contribution in [0.4, 0.5) is 11.4 Å². The number of esters is 1. The second kappa shape index (κ2) is 5.73. The first-order valence-corrected chi connectivity index (χ1v) is 7.24. The van der Waals surface area contributed by atoms with Crippen LogP contribution < -0.4 is 11.1 Å². The topological polar surface area (TPSA) is 64.3 Å². The number of carbonyl (C=O) groups is 1. The molecule has 1 fully saturated rings. The summed E-state index contributed by atoms with van der Waals surface area (Å²) >= 11 is 0. The monoisotopic (exact) mass is 276 g/mol. The summed E-state index contributed by atoms with van der Waals surface area (Å²) in [4.78, 5) is 12.1. The number of nitrogens with one attached hydrogen (secondary N) is 1. The van der Waals surface area contributed by atoms with Gasteiger partial charge in [-0.05, 0) is 51.8 Å². The van der Waals surface area contributed by atoms with Crippen LogP contribution in [-0.4, -0.2) is 17.6 Å². The van der Waals surface area contributed by atoms with E-state index in [0.717, 1.165) is 18.5 Å². The third-order valence-electron chi connectivity index (χ3n) is 3.40. The van der Waals surface area contributed by atoms with Gasteiger partial charge in [-0.2, -0.15) is 0 Å². The summed E-state index contributed by atoms with van der Waals surface area (Å²) in [6.45, 7) is 5.58. The molecule has 2 rings (SSSR count). The van der Waals surface area contributed by atoms with Crippen molar-refractivity contribution in [1.82, 2.24) is 0 Å². The fourth-order valence-corrected chi connectivity index (χ4v) is 2.44. The van der Waals surface area contributed by atoms with E-state index in [9.17, 15) is 4.79 Å². The van der Waals surface area contributed by atoms with Gasteiger partial charge in [-0.1, -0.05) is 12.8 Å². The molecule has 3 N–H and O–H groups in total. The molecule has 0 amide bonds. The Bertz CT molecular complexity index is 486. The van der Waals surface area contributed by atoms with E-state index in [1.165, 1.54) is 12.8 Å². The molecule has 0 aliphatic heterocycles. The lowest BCUT2D eigenvalue weighted by Gasteiger charge is -2.20. The second-order valence-corrected chi connectivity index (χ2v) is 6.43. The minimum Gasteiger partial charge on any atom is -0.456 e. The van der Waals surface area contributed by atoms with Gasteiger partial charge in [0.2, 0.25) is 0 Å². The number of benzene rings is 1. The zero-order valence-corrected chi connectivity index (χ0v) is 12.5. The number of carbonyl (C=O) groups excluding carboxylic acids is 1. The smallest absolute Gasteiger partial charge is 0.338 e. The van der Waals surface area contributed by atoms with E-state index in [1.807, 2.05) is 20.8 Å². The first-order valence-electron chi connectivity index (χ1n) is 7.24. The number of nitrogen functional groups attached to an aromatic ring is 1. The molecule has 4 heteroatoms. The Hall–Kier alpha value is -1.71. The summed E-state index contributed by atoms with van der Waals surface area (Å²) in [5, 5.41) is 3.43. The maximum Gasteiger partial charge on any atom is 0.338 e. The molecule has 110 valence electrons. The van der Waals surface area contributed by atoms with Crippen LogP contribution >= 0.6 is 0 Å². The fraction of sp³-hybridized carbons (Fsp3) is 0.562. The molecular weight excluding hydrogens is 252 g/mol. The van der Waals surface area contributed by atoms with Gasteiger partial charge < -0.3 is 15.8 Å². The van der Waals surface area contributed by atoms with E-state index in [-0.39, 0.29) is 5.97 Å². The van der Waals surface area contributed by atoms with Crippen molar-refractivity contribution in [3.05, 3.63) is 23.8 Å². The number of nitrogens with two attached hydrogens (primary N) is 1. The molecule has 0 spiro atoms. The first-order chi connectivity index (χ1) is 9.35. The van der Waals surface area contributed by atoms with Gasteiger partial charge in [0.1, 0.15) is 5.60 Å². The SMILES string of the molecule is CC(C)(C)OC(=O)c1ccc(N)c(NC2CCCC2)c1. The summed E-state index contributed by atoms with van der Waals surface area (Å²) in [7, 11) is 0. The van der Waals surface area contributed by atoms with Crippen molar-refractivity contribution in [1.29, 1.82) is 0 Å². The molecule has 0 heterocycles. The normalized spacial score (nSPS) is 16.1. The minimum absolute atomic E-state index is 0.313. The van der Waals surface area contributed by atoms with Crippen molar-refractivity contribution in [2.75, 3.05) is 11.1 Å². The molecule has 1 aliphatic rings. The van der Waals surface area contributed by atoms with E-state index >= 15 is 0 Å². The highest BCUT2D eigenvalue weighted by molar-refractivity contribution is 5.92. The lowest BCUT2D eigenvalue weighted by atomic mass is 10.1. The summed E-state index contributed by atoms with van der Waals surface area (Å²) < 4.78 is 5.38. The van der Waals surface area contributed by atoms with Gasteiger partial charge in [0.05, 0.1) is 16.9 Å². The molecule has 0 bridgehead atoms. The highest BCUT2D eigenvalue weighted by Crippen LogP contribution is 2.27. The molecule has 0 radical (unpaired) electrons. The van der Waals surface area contributed by atoms with Gasteiger partial charge in [0.25, 0.3) is 0 Å². The van der Waals surface area contributed by atoms with Crippen LogP contribution in [0, 0.1) is 0 Å². The molecule has 0 saturated heterocycles. The third kappa shape index (κ3) is 3.89. The van der Waals surface area contributed by atoms with E-state index < -0.39 is 5.60 Å². The van der Waals surface area contributed by atoms with Crippen molar-refractivity contribution in [3.63, 3.8) is 0 Å². The summed E-state index contributed by atoms with van der Waals surface area (Å²) in [6, 6.07) is 5.73. The quantitative estimate of drug-likeness (QED) is 0.654. The van der Waals surface area contributed by atoms with Crippen molar-refractivity contribution in [3.8, 4) is 0 Å². The van der Waals surface area contributed by atoms with Crippen molar-refractivity contribution in [2.24, 2.45) is 0 Å². The van der Waals surface area contributed by atoms with Gasteiger partial charge >= 0.3 is 5.97 Å². The lowest BCUT2D eigenvalue weighted by Crippen LogP contribution is -2.24. The highest BCUT2D eigenvalue weighted by atomic mass is 16.6. The second-order valence-electron chi connectivity index (χ2n) is 6.43. The van der Waals surface area contributed by atoms with Crippen molar-refractivity contribution < 1.29 is 9.53 Å². The Morgan fingerprint density at radius 1 is 1.30 bits per heavy atom. The van der Waals surface area contributed by atoms with E-state index in [4.69, 9.17) is 10.5 Å². The van der Waals surface area contributed by atoms with E-state index in [1.54, 1.807) is 18.2 Å². The molecule has 4 nitrogen and oxygen atoms in total. The first kappa shape index (κ1) is 14.7. The predicted molar refractivity (Wildman–Crippen MR) is 81.9 cm³/mol. The van der Waals surface area contributed by atoms with Crippen molar-refractivity contribution >= 4 is 17.3 Å². The lowest BCUT2D eigenvalue weighted by molar-refractivity contribution is 0.00696. The number of rotatable bonds is 3. The average Bonchev–Trinajstić information content (AvgIpc) is 2.82. The third-order valence-corrected chi connectivity index (χ3v) is 3.40. The van der Waals surface area contributed by atoms with Crippen LogP contribution in [0.3, 0.4) is 0 Å². The summed E-state index contributed by atoms with van der Waals surface area (Å²) in [5.74, 6) is -0.313. The van der Waals surface area contributed by atoms with Crippen LogP contribution in [0.25, 0.3) is 0 Å². The summed E-state index contributed by atoms with van der Waals surface area (Å²) in [5.41, 5.74) is 7.53. The number of ether oxygens (including phenoxy) is 1. The van der Waals surface area contributed by atoms with Crippen LogP contribution in [0.1, 0.15) is 56.8 Å². The number of anilines is 2. The maximum absolute atomic E-state index is 12.1. The summed E-state index contributed by atoms with van der Waals surface area (Å²) in [6.07, 6.45) is 4.83. The molecule has 1 aromatic rings. The van der Waals surface area contributed by atoms with Gasteiger partial charge in [-0.25, -0.2) is 4.79 Å². The predicted octanol–water partition coefficient (Wildman–Crippen LogP) is 3.58. The minimum atomic E-state index is -0.489. The molecular formula is C16H24N2O2. The molecule has 1 aromatic carbocycles. The van der Waals surface area contributed by atoms with Crippen LogP contribution in [0.2, 0.25) is 0 Å². The number of hydrogen-bond acceptors (Lipinski definition) is 4. The van der Waals surface area contributed by atoms with Crippen LogP contribution in [-0.2, 0) is 4.74 Å². The van der Waals surface area contributed by atoms with Crippen molar-refractivity contribution in [2.45, 2.75) is 58.1 Å². The van der Waals surface area contributed by atoms with Crippen LogP contribution in [0.15, 0.2) is 18.2 Å². The Labute approximate surface area is 120 Å². The van der Waals surface area contributed by atoms with Gasteiger partial charge in [0.15, 0.2) is 0 Å². The molecule has 0 atom stereocenters. The molecule has 0 unspecified atom stereocenters.